The van der Waals surface area contributed by atoms with Crippen LogP contribution in [0.4, 0.5) is 4.39 Å². The first-order chi connectivity index (χ1) is 10.7. The van der Waals surface area contributed by atoms with E-state index in [0.717, 1.165) is 0 Å². The fraction of sp³-hybridized carbons (Fsp3) is 0. The Kier molecular flexibility index (Phi) is 3.47. The lowest BCUT2D eigenvalue weighted by Gasteiger charge is -2.06. The standard InChI is InChI=1S/C15H9FN4O2/c16-11-5-3-10(4-6-11)12-9-22-14(15(21)18-19-17)13(12)20-7-1-2-8-20/h1-9H. The van der Waals surface area contributed by atoms with Crippen LogP contribution < -0.4 is 0 Å². The van der Waals surface area contributed by atoms with Crippen LogP contribution >= 0.6 is 0 Å². The second-order valence-electron chi connectivity index (χ2n) is 4.42. The van der Waals surface area contributed by atoms with Crippen molar-refractivity contribution in [3.8, 4) is 16.8 Å². The average Bonchev–Trinajstić information content (AvgIpc) is 3.17. The molecule has 3 rings (SSSR count). The molecular weight excluding hydrogens is 287 g/mol. The summed E-state index contributed by atoms with van der Waals surface area (Å²) in [5.41, 5.74) is 10.1. The minimum Gasteiger partial charge on any atom is -0.458 e. The topological polar surface area (TPSA) is 83.9 Å². The van der Waals surface area contributed by atoms with Gasteiger partial charge in [0.25, 0.3) is 5.91 Å². The predicted molar refractivity (Wildman–Crippen MR) is 76.9 cm³/mol. The maximum Gasteiger partial charge on any atom is 0.286 e. The van der Waals surface area contributed by atoms with E-state index in [0.29, 0.717) is 16.8 Å². The second-order valence-corrected chi connectivity index (χ2v) is 4.42. The molecule has 0 unspecified atom stereocenters. The summed E-state index contributed by atoms with van der Waals surface area (Å²) >= 11 is 0. The van der Waals surface area contributed by atoms with Crippen molar-refractivity contribution in [1.29, 1.82) is 0 Å². The summed E-state index contributed by atoms with van der Waals surface area (Å²) in [6.45, 7) is 0. The van der Waals surface area contributed by atoms with Crippen molar-refractivity contribution in [2.45, 2.75) is 0 Å². The number of hydrogen-bond donors (Lipinski definition) is 0. The molecule has 0 aliphatic carbocycles. The number of benzene rings is 1. The van der Waals surface area contributed by atoms with Crippen molar-refractivity contribution in [3.05, 3.63) is 77.1 Å². The van der Waals surface area contributed by atoms with Crippen molar-refractivity contribution in [2.75, 3.05) is 0 Å². The summed E-state index contributed by atoms with van der Waals surface area (Å²) in [6, 6.07) is 9.35. The van der Waals surface area contributed by atoms with Crippen molar-refractivity contribution in [1.82, 2.24) is 4.57 Å². The highest BCUT2D eigenvalue weighted by Crippen LogP contribution is 2.32. The Labute approximate surface area is 124 Å². The van der Waals surface area contributed by atoms with Gasteiger partial charge in [0, 0.05) is 22.9 Å². The maximum atomic E-state index is 13.1. The number of amides is 1. The van der Waals surface area contributed by atoms with Gasteiger partial charge >= 0.3 is 0 Å². The predicted octanol–water partition coefficient (Wildman–Crippen LogP) is 4.33. The van der Waals surface area contributed by atoms with Crippen LogP contribution in [0.3, 0.4) is 0 Å². The Bertz CT molecular complexity index is 860. The van der Waals surface area contributed by atoms with E-state index >= 15 is 0 Å². The molecule has 0 aliphatic heterocycles. The van der Waals surface area contributed by atoms with Gasteiger partial charge in [-0.15, -0.1) is 0 Å². The van der Waals surface area contributed by atoms with Crippen LogP contribution in [-0.4, -0.2) is 10.5 Å². The molecule has 0 saturated carbocycles. The van der Waals surface area contributed by atoms with E-state index in [1.54, 1.807) is 41.2 Å². The zero-order chi connectivity index (χ0) is 15.5. The van der Waals surface area contributed by atoms with Crippen LogP contribution in [0.25, 0.3) is 27.3 Å². The number of halogens is 1. The Morgan fingerprint density at radius 2 is 1.91 bits per heavy atom. The monoisotopic (exact) mass is 296 g/mol. The third-order valence-corrected chi connectivity index (χ3v) is 3.11. The fourth-order valence-electron chi connectivity index (χ4n) is 2.16. The highest BCUT2D eigenvalue weighted by Gasteiger charge is 2.21. The molecule has 1 amide bonds. The van der Waals surface area contributed by atoms with Gasteiger partial charge in [0.1, 0.15) is 17.8 Å². The molecule has 22 heavy (non-hydrogen) atoms. The summed E-state index contributed by atoms with van der Waals surface area (Å²) < 4.78 is 20.0. The van der Waals surface area contributed by atoms with Crippen LogP contribution in [0.1, 0.15) is 10.6 Å². The van der Waals surface area contributed by atoms with Gasteiger partial charge in [-0.1, -0.05) is 12.1 Å². The molecule has 0 fully saturated rings. The van der Waals surface area contributed by atoms with E-state index in [9.17, 15) is 9.18 Å². The number of hydrogen-bond acceptors (Lipinski definition) is 2. The van der Waals surface area contributed by atoms with Crippen LogP contribution in [0.15, 0.2) is 64.6 Å². The van der Waals surface area contributed by atoms with E-state index in [-0.39, 0.29) is 11.6 Å². The van der Waals surface area contributed by atoms with Gasteiger partial charge in [0.15, 0.2) is 0 Å². The Morgan fingerprint density at radius 3 is 2.55 bits per heavy atom. The van der Waals surface area contributed by atoms with E-state index in [1.165, 1.54) is 18.4 Å². The normalized spacial score (nSPS) is 10.2. The molecule has 1 aromatic carbocycles. The Hall–Kier alpha value is -3.31. The van der Waals surface area contributed by atoms with Gasteiger partial charge in [-0.3, -0.25) is 4.79 Å². The molecule has 2 aromatic heterocycles. The molecule has 108 valence electrons. The molecule has 0 atom stereocenters. The SMILES string of the molecule is [N-]=[N+]=NC(=O)c1occ(-c2ccc(F)cc2)c1-n1cccc1. The number of carbonyl (C=O) groups is 1. The van der Waals surface area contributed by atoms with Crippen molar-refractivity contribution < 1.29 is 13.6 Å². The summed E-state index contributed by atoms with van der Waals surface area (Å²) in [7, 11) is 0. The number of aromatic nitrogens is 1. The lowest BCUT2D eigenvalue weighted by atomic mass is 10.1. The van der Waals surface area contributed by atoms with Crippen LogP contribution in [0.2, 0.25) is 0 Å². The highest BCUT2D eigenvalue weighted by molar-refractivity contribution is 5.98. The highest BCUT2D eigenvalue weighted by atomic mass is 19.1. The van der Waals surface area contributed by atoms with E-state index in [4.69, 9.17) is 9.95 Å². The van der Waals surface area contributed by atoms with E-state index in [2.05, 4.69) is 10.0 Å². The molecule has 6 nitrogen and oxygen atoms in total. The molecule has 0 bridgehead atoms. The van der Waals surface area contributed by atoms with Crippen LogP contribution in [0.5, 0.6) is 0 Å². The van der Waals surface area contributed by atoms with E-state index in [1.807, 2.05) is 0 Å². The number of carbonyl (C=O) groups excluding carboxylic acids is 1. The minimum absolute atomic E-state index is 0.0756. The third-order valence-electron chi connectivity index (χ3n) is 3.11. The summed E-state index contributed by atoms with van der Waals surface area (Å²) in [5.74, 6) is -1.26. The lowest BCUT2D eigenvalue weighted by Crippen LogP contribution is -2.00. The van der Waals surface area contributed by atoms with Gasteiger partial charge < -0.3 is 8.98 Å². The first-order valence-corrected chi connectivity index (χ1v) is 6.31. The number of nitrogens with zero attached hydrogens (tertiary/aromatic N) is 4. The number of rotatable bonds is 3. The molecule has 0 radical (unpaired) electrons. The van der Waals surface area contributed by atoms with Gasteiger partial charge in [0.05, 0.1) is 0 Å². The third kappa shape index (κ3) is 2.36. The quantitative estimate of drug-likeness (QED) is 0.409. The van der Waals surface area contributed by atoms with Crippen molar-refractivity contribution in [2.24, 2.45) is 5.11 Å². The largest absolute Gasteiger partial charge is 0.458 e. The molecule has 3 aromatic rings. The average molecular weight is 296 g/mol. The first-order valence-electron chi connectivity index (χ1n) is 6.31. The first kappa shape index (κ1) is 13.7. The second kappa shape index (κ2) is 5.59. The number of furan rings is 1. The maximum absolute atomic E-state index is 13.1. The number of azide groups is 1. The van der Waals surface area contributed by atoms with Gasteiger partial charge in [-0.25, -0.2) is 4.39 Å². The summed E-state index contributed by atoms with van der Waals surface area (Å²) in [5, 5.41) is 3.06. The summed E-state index contributed by atoms with van der Waals surface area (Å²) in [6.07, 6.45) is 4.83. The van der Waals surface area contributed by atoms with Gasteiger partial charge in [-0.05, 0) is 40.5 Å². The zero-order valence-electron chi connectivity index (χ0n) is 11.2. The van der Waals surface area contributed by atoms with E-state index < -0.39 is 5.91 Å². The molecule has 2 heterocycles. The molecular formula is C15H9FN4O2. The van der Waals surface area contributed by atoms with Crippen molar-refractivity contribution >= 4 is 5.91 Å². The Balaban J connectivity index is 2.21. The van der Waals surface area contributed by atoms with Gasteiger partial charge in [-0.2, -0.15) is 0 Å². The fourth-order valence-corrected chi connectivity index (χ4v) is 2.16. The van der Waals surface area contributed by atoms with Crippen LogP contribution in [-0.2, 0) is 0 Å². The molecule has 0 N–H and O–H groups in total. The van der Waals surface area contributed by atoms with Gasteiger partial charge in [0.2, 0.25) is 5.76 Å². The smallest absolute Gasteiger partial charge is 0.286 e. The lowest BCUT2D eigenvalue weighted by molar-refractivity contribution is 0.0974. The molecule has 0 saturated heterocycles. The van der Waals surface area contributed by atoms with Crippen molar-refractivity contribution in [3.63, 3.8) is 0 Å². The summed E-state index contributed by atoms with van der Waals surface area (Å²) in [4.78, 5) is 14.4. The molecule has 7 heteroatoms. The minimum atomic E-state index is -0.820. The molecule has 0 spiro atoms. The molecule has 0 aliphatic rings. The Morgan fingerprint density at radius 1 is 1.23 bits per heavy atom. The zero-order valence-corrected chi connectivity index (χ0v) is 11.2. The van der Waals surface area contributed by atoms with Crippen LogP contribution in [0, 0.1) is 5.82 Å².